The van der Waals surface area contributed by atoms with Gasteiger partial charge in [0.05, 0.1) is 7.11 Å². The van der Waals surface area contributed by atoms with Crippen molar-refractivity contribution in [3.8, 4) is 5.75 Å². The number of halogens is 1. The zero-order chi connectivity index (χ0) is 18.2. The third-order valence-electron chi connectivity index (χ3n) is 3.60. The van der Waals surface area contributed by atoms with E-state index in [9.17, 15) is 9.59 Å². The van der Waals surface area contributed by atoms with Crippen molar-refractivity contribution in [2.24, 2.45) is 0 Å². The molecule has 1 N–H and O–H groups in total. The van der Waals surface area contributed by atoms with Crippen molar-refractivity contribution in [3.05, 3.63) is 64.7 Å². The lowest BCUT2D eigenvalue weighted by Gasteiger charge is -2.17. The van der Waals surface area contributed by atoms with Crippen molar-refractivity contribution in [2.75, 3.05) is 13.7 Å². The summed E-state index contributed by atoms with van der Waals surface area (Å²) >= 11 is 5.89. The molecular formula is C19H20ClNO4. The Bertz CT molecular complexity index is 733. The van der Waals surface area contributed by atoms with Gasteiger partial charge in [-0.1, -0.05) is 41.9 Å². The molecule has 0 saturated heterocycles. The number of carbonyl (C=O) groups excluding carboxylic acids is 2. The highest BCUT2D eigenvalue weighted by Gasteiger charge is 2.22. The van der Waals surface area contributed by atoms with Crippen LogP contribution in [-0.4, -0.2) is 31.6 Å². The van der Waals surface area contributed by atoms with Gasteiger partial charge in [-0.15, -0.1) is 0 Å². The van der Waals surface area contributed by atoms with E-state index in [1.165, 1.54) is 7.11 Å². The molecule has 0 heterocycles. The summed E-state index contributed by atoms with van der Waals surface area (Å²) in [5, 5.41) is 3.25. The second-order valence-corrected chi connectivity index (χ2v) is 5.97. The Morgan fingerprint density at radius 2 is 1.88 bits per heavy atom. The summed E-state index contributed by atoms with van der Waals surface area (Å²) in [6, 6.07) is 13.8. The van der Waals surface area contributed by atoms with Crippen LogP contribution >= 0.6 is 11.6 Å². The highest BCUT2D eigenvalue weighted by molar-refractivity contribution is 6.30. The van der Waals surface area contributed by atoms with Crippen LogP contribution < -0.4 is 10.1 Å². The van der Waals surface area contributed by atoms with Crippen molar-refractivity contribution in [2.45, 2.75) is 19.4 Å². The van der Waals surface area contributed by atoms with Crippen LogP contribution in [-0.2, 0) is 20.7 Å². The second kappa shape index (κ2) is 9.08. The summed E-state index contributed by atoms with van der Waals surface area (Å²) in [6.45, 7) is 1.64. The smallest absolute Gasteiger partial charge is 0.328 e. The standard InChI is InChI=1S/C19H20ClNO4/c1-13-10-15(20)8-9-17(13)25-12-18(22)21-16(19(23)24-2)11-14-6-4-3-5-7-14/h3-10,16H,11-12H2,1-2H3,(H,21,22). The van der Waals surface area contributed by atoms with Gasteiger partial charge in [0.1, 0.15) is 11.8 Å². The first-order valence-electron chi connectivity index (χ1n) is 7.79. The number of esters is 1. The highest BCUT2D eigenvalue weighted by Crippen LogP contribution is 2.21. The maximum atomic E-state index is 12.1. The zero-order valence-electron chi connectivity index (χ0n) is 14.1. The van der Waals surface area contributed by atoms with Gasteiger partial charge in [-0.05, 0) is 36.2 Å². The van der Waals surface area contributed by atoms with Crippen LogP contribution in [0.5, 0.6) is 5.75 Å². The average molecular weight is 362 g/mol. The third kappa shape index (κ3) is 5.80. The van der Waals surface area contributed by atoms with E-state index in [2.05, 4.69) is 5.32 Å². The van der Waals surface area contributed by atoms with E-state index in [0.29, 0.717) is 17.2 Å². The minimum absolute atomic E-state index is 0.204. The van der Waals surface area contributed by atoms with Gasteiger partial charge in [0, 0.05) is 11.4 Å². The Morgan fingerprint density at radius 1 is 1.16 bits per heavy atom. The number of ether oxygens (including phenoxy) is 2. The van der Waals surface area contributed by atoms with Crippen molar-refractivity contribution in [3.63, 3.8) is 0 Å². The molecule has 0 aliphatic rings. The quantitative estimate of drug-likeness (QED) is 0.770. The fourth-order valence-electron chi connectivity index (χ4n) is 2.34. The molecule has 25 heavy (non-hydrogen) atoms. The van der Waals surface area contributed by atoms with E-state index in [4.69, 9.17) is 21.1 Å². The van der Waals surface area contributed by atoms with Gasteiger partial charge in [0.25, 0.3) is 5.91 Å². The molecule has 5 nitrogen and oxygen atoms in total. The summed E-state index contributed by atoms with van der Waals surface area (Å²) in [5.74, 6) is -0.335. The molecule has 0 aliphatic heterocycles. The van der Waals surface area contributed by atoms with E-state index in [0.717, 1.165) is 11.1 Å². The topological polar surface area (TPSA) is 64.6 Å². The molecule has 0 saturated carbocycles. The van der Waals surface area contributed by atoms with Gasteiger partial charge in [0.2, 0.25) is 0 Å². The van der Waals surface area contributed by atoms with Crippen molar-refractivity contribution < 1.29 is 19.1 Å². The summed E-state index contributed by atoms with van der Waals surface area (Å²) < 4.78 is 10.3. The predicted molar refractivity (Wildman–Crippen MR) is 95.8 cm³/mol. The number of nitrogens with one attached hydrogen (secondary N) is 1. The van der Waals surface area contributed by atoms with E-state index in [-0.39, 0.29) is 6.61 Å². The molecule has 1 unspecified atom stereocenters. The molecule has 0 aliphatic carbocycles. The summed E-state index contributed by atoms with van der Waals surface area (Å²) in [5.41, 5.74) is 1.75. The van der Waals surface area contributed by atoms with Gasteiger partial charge < -0.3 is 14.8 Å². The first-order chi connectivity index (χ1) is 12.0. The molecule has 6 heteroatoms. The van der Waals surface area contributed by atoms with Crippen LogP contribution in [0.1, 0.15) is 11.1 Å². The van der Waals surface area contributed by atoms with Crippen LogP contribution in [0.15, 0.2) is 48.5 Å². The Kier molecular flexibility index (Phi) is 6.83. The molecule has 0 aromatic heterocycles. The number of amides is 1. The predicted octanol–water partition coefficient (Wildman–Crippen LogP) is 2.93. The Labute approximate surface area is 151 Å². The summed E-state index contributed by atoms with van der Waals surface area (Å²) in [4.78, 5) is 24.1. The van der Waals surface area contributed by atoms with Gasteiger partial charge in [-0.25, -0.2) is 4.79 Å². The minimum atomic E-state index is -0.769. The zero-order valence-corrected chi connectivity index (χ0v) is 14.9. The summed E-state index contributed by atoms with van der Waals surface area (Å²) in [6.07, 6.45) is 0.346. The van der Waals surface area contributed by atoms with Crippen LogP contribution in [0, 0.1) is 6.92 Å². The van der Waals surface area contributed by atoms with E-state index < -0.39 is 17.9 Å². The number of hydrogen-bond donors (Lipinski definition) is 1. The van der Waals surface area contributed by atoms with E-state index >= 15 is 0 Å². The number of methoxy groups -OCH3 is 1. The van der Waals surface area contributed by atoms with Gasteiger partial charge in [-0.2, -0.15) is 0 Å². The Balaban J connectivity index is 1.95. The first-order valence-corrected chi connectivity index (χ1v) is 8.17. The highest BCUT2D eigenvalue weighted by atomic mass is 35.5. The maximum absolute atomic E-state index is 12.1. The third-order valence-corrected chi connectivity index (χ3v) is 3.83. The fraction of sp³-hybridized carbons (Fsp3) is 0.263. The first kappa shape index (κ1) is 18.8. The largest absolute Gasteiger partial charge is 0.484 e. The molecule has 0 radical (unpaired) electrons. The van der Waals surface area contributed by atoms with Crippen molar-refractivity contribution in [1.82, 2.24) is 5.32 Å². The molecule has 2 aromatic rings. The molecule has 0 spiro atoms. The molecule has 0 bridgehead atoms. The van der Waals surface area contributed by atoms with Gasteiger partial charge in [-0.3, -0.25) is 4.79 Å². The number of carbonyl (C=O) groups is 2. The lowest BCUT2D eigenvalue weighted by atomic mass is 10.1. The summed E-state index contributed by atoms with van der Waals surface area (Å²) in [7, 11) is 1.29. The van der Waals surface area contributed by atoms with E-state index in [1.54, 1.807) is 18.2 Å². The number of hydrogen-bond acceptors (Lipinski definition) is 4. The van der Waals surface area contributed by atoms with Crippen LogP contribution in [0.3, 0.4) is 0 Å². The molecule has 2 rings (SSSR count). The number of aryl methyl sites for hydroxylation is 1. The average Bonchev–Trinajstić information content (AvgIpc) is 2.60. The Hall–Kier alpha value is -2.53. The van der Waals surface area contributed by atoms with Crippen LogP contribution in [0.2, 0.25) is 5.02 Å². The molecule has 2 aromatic carbocycles. The second-order valence-electron chi connectivity index (χ2n) is 5.53. The Morgan fingerprint density at radius 3 is 2.52 bits per heavy atom. The fourth-order valence-corrected chi connectivity index (χ4v) is 2.57. The number of benzene rings is 2. The lowest BCUT2D eigenvalue weighted by Crippen LogP contribution is -2.44. The normalized spacial score (nSPS) is 11.5. The van der Waals surface area contributed by atoms with Gasteiger partial charge >= 0.3 is 5.97 Å². The van der Waals surface area contributed by atoms with Crippen LogP contribution in [0.25, 0.3) is 0 Å². The molecule has 132 valence electrons. The molecule has 1 amide bonds. The van der Waals surface area contributed by atoms with Crippen molar-refractivity contribution >= 4 is 23.5 Å². The SMILES string of the molecule is COC(=O)C(Cc1ccccc1)NC(=O)COc1ccc(Cl)cc1C. The number of rotatable bonds is 7. The molecular weight excluding hydrogens is 342 g/mol. The van der Waals surface area contributed by atoms with Crippen molar-refractivity contribution in [1.29, 1.82) is 0 Å². The van der Waals surface area contributed by atoms with Crippen LogP contribution in [0.4, 0.5) is 0 Å². The lowest BCUT2D eigenvalue weighted by molar-refractivity contribution is -0.145. The maximum Gasteiger partial charge on any atom is 0.328 e. The molecule has 0 fully saturated rings. The monoisotopic (exact) mass is 361 g/mol. The molecule has 1 atom stereocenters. The van der Waals surface area contributed by atoms with Gasteiger partial charge in [0.15, 0.2) is 6.61 Å². The van der Waals surface area contributed by atoms with E-state index in [1.807, 2.05) is 37.3 Å². The minimum Gasteiger partial charge on any atom is -0.484 e.